The van der Waals surface area contributed by atoms with E-state index in [2.05, 4.69) is 348 Å². The highest BCUT2D eigenvalue weighted by Crippen LogP contribution is 2.37. The molecule has 0 spiro atoms. The van der Waals surface area contributed by atoms with E-state index >= 15 is 0 Å². The molecule has 6 heteroatoms. The van der Waals surface area contributed by atoms with Gasteiger partial charge in [-0.3, -0.25) is 0 Å². The van der Waals surface area contributed by atoms with Crippen molar-refractivity contribution in [3.05, 3.63) is 178 Å². The van der Waals surface area contributed by atoms with Crippen LogP contribution in [-0.2, 0) is 0 Å². The van der Waals surface area contributed by atoms with Crippen LogP contribution in [0, 0.1) is 89.3 Å². The van der Waals surface area contributed by atoms with E-state index in [9.17, 15) is 0 Å². The van der Waals surface area contributed by atoms with E-state index in [-0.39, 0.29) is 32.9 Å². The lowest BCUT2D eigenvalue weighted by atomic mass is 9.88. The average molecular weight is 1220 g/mol. The van der Waals surface area contributed by atoms with Crippen LogP contribution in [0.25, 0.3) is 0 Å². The Morgan fingerprint density at radius 1 is 0.315 bits per heavy atom. The van der Waals surface area contributed by atoms with Crippen LogP contribution in [-0.4, -0.2) is 55.9 Å². The van der Waals surface area contributed by atoms with Crippen LogP contribution in [0.5, 0.6) is 0 Å². The molecule has 6 aromatic carbocycles. The average Bonchev–Trinajstić information content (AvgIpc) is 0.833. The highest BCUT2D eigenvalue weighted by atomic mass is 15.2. The van der Waals surface area contributed by atoms with Gasteiger partial charge in [-0.25, -0.2) is 0 Å². The third-order valence-electron chi connectivity index (χ3n) is 14.5. The number of rotatable bonds is 18. The normalized spacial score (nSPS) is 12.4. The molecule has 0 fully saturated rings. The van der Waals surface area contributed by atoms with Crippen LogP contribution in [0.2, 0.25) is 0 Å². The molecule has 0 radical (unpaired) electrons. The van der Waals surface area contributed by atoms with Crippen LogP contribution >= 0.6 is 0 Å². The molecule has 0 atom stereocenters. The second-order valence-electron chi connectivity index (χ2n) is 32.5. The van der Waals surface area contributed by atoms with Crippen molar-refractivity contribution in [2.45, 2.75) is 238 Å². The van der Waals surface area contributed by atoms with Crippen molar-refractivity contribution in [3.8, 4) is 0 Å². The number of para-hydroxylation sites is 6. The van der Waals surface area contributed by atoms with Crippen molar-refractivity contribution in [2.75, 3.05) is 69.9 Å². The van der Waals surface area contributed by atoms with Gasteiger partial charge in [0.05, 0.1) is 0 Å². The molecule has 6 aromatic rings. The van der Waals surface area contributed by atoms with E-state index in [0.29, 0.717) is 12.1 Å². The number of nitrogens with one attached hydrogen (secondary N) is 3. The molecule has 0 heterocycles. The van der Waals surface area contributed by atoms with Crippen molar-refractivity contribution in [2.24, 2.45) is 34.0 Å². The number of anilines is 6. The highest BCUT2D eigenvalue weighted by Gasteiger charge is 2.33. The highest BCUT2D eigenvalue weighted by molar-refractivity contribution is 5.63. The van der Waals surface area contributed by atoms with Crippen molar-refractivity contribution in [3.63, 3.8) is 0 Å². The first-order valence-corrected chi connectivity index (χ1v) is 33.5. The van der Waals surface area contributed by atoms with Crippen LogP contribution in [0.3, 0.4) is 0 Å². The quantitative estimate of drug-likeness (QED) is 0.0797. The summed E-state index contributed by atoms with van der Waals surface area (Å²) in [4.78, 5) is 7.57. The van der Waals surface area contributed by atoms with Crippen LogP contribution in [0.4, 0.5) is 34.1 Å². The second kappa shape index (κ2) is 36.8. The molecule has 0 bridgehead atoms. The Hall–Kier alpha value is -5.88. The lowest BCUT2D eigenvalue weighted by Gasteiger charge is -2.44. The Bertz CT molecular complexity index is 2940. The number of nitrogens with zero attached hydrogens (tertiary/aromatic N) is 3. The number of benzene rings is 6. The van der Waals surface area contributed by atoms with Gasteiger partial charge < -0.3 is 30.7 Å². The summed E-state index contributed by atoms with van der Waals surface area (Å²) in [7, 11) is 0. The second-order valence-corrected chi connectivity index (χ2v) is 32.5. The van der Waals surface area contributed by atoms with Gasteiger partial charge in [0.1, 0.15) is 0 Å². The third-order valence-corrected chi connectivity index (χ3v) is 14.5. The van der Waals surface area contributed by atoms with E-state index in [4.69, 9.17) is 4.11 Å². The van der Waals surface area contributed by atoms with E-state index in [1.807, 2.05) is 25.1 Å². The zero-order valence-electron chi connectivity index (χ0n) is 66.0. The molecule has 498 valence electrons. The summed E-state index contributed by atoms with van der Waals surface area (Å²) in [6, 6.07) is 46.2. The first kappa shape index (κ1) is 75.6. The van der Waals surface area contributed by atoms with Crippen molar-refractivity contribution < 1.29 is 4.11 Å². The minimum absolute atomic E-state index is 0.0410. The smallest absolute Gasteiger partial charge is 0.0430 e. The van der Waals surface area contributed by atoms with Gasteiger partial charge in [-0.05, 0) is 220 Å². The molecule has 6 nitrogen and oxygen atoms in total. The lowest BCUT2D eigenvalue weighted by Crippen LogP contribution is -2.49. The minimum atomic E-state index is -2.13. The molecule has 0 aromatic heterocycles. The molecule has 3 N–H and O–H groups in total. The zero-order valence-corrected chi connectivity index (χ0v) is 63.0. The van der Waals surface area contributed by atoms with Gasteiger partial charge in [-0.2, -0.15) is 0 Å². The van der Waals surface area contributed by atoms with E-state index in [1.165, 1.54) is 61.8 Å². The van der Waals surface area contributed by atoms with Gasteiger partial charge in [-0.15, -0.1) is 0 Å². The standard InChI is InChI=1S/2C25H38N2.C21H30N2.3C4H10/c2*1-18-12-10-13-19(2)22(18)26-16-25(8,9)17-27(24(5,6)7)23-20(3)14-11-15-21(23)4;1-20(2,3)23(19-14-10-7-11-15-19)17-21(4,5)16-22-18-12-8-6-9-13-18;3*1-4(2)3/h2*10-15,26H,16-17H2,1-9H3;6-15,22H,16-17H2,1-5H3;3*4H,1-3H3/i1D3;;;;;. The predicted molar refractivity (Wildman–Crippen MR) is 406 cm³/mol. The van der Waals surface area contributed by atoms with Crippen LogP contribution in [0.1, 0.15) is 215 Å². The first-order chi connectivity index (χ1) is 42.0. The Balaban J connectivity index is 0.000000635. The SMILES string of the molecule is CC(C)(CNc1ccccc1)CN(c1ccccc1)C(C)(C)C.CC(C)C.CC(C)C.CC(C)C.Cc1cccc(C)c1NCC(C)(C)CN(c1c(C)cccc1C)C(C)(C)C.[2H]C([2H])([2H])c1cccc(C)c1NCC(C)(C)CN(c1c(C)cccc1C)C(C)(C)C. The molecule has 0 aliphatic heterocycles. The maximum atomic E-state index is 7.88. The van der Waals surface area contributed by atoms with E-state index in [0.717, 1.165) is 61.7 Å². The molecule has 0 saturated heterocycles. The van der Waals surface area contributed by atoms with E-state index in [1.54, 1.807) is 6.07 Å². The van der Waals surface area contributed by atoms with Crippen LogP contribution < -0.4 is 30.7 Å². The molecular formula is C83H136N6. The molecular weight excluding hydrogens is 1080 g/mol. The van der Waals surface area contributed by atoms with Crippen molar-refractivity contribution >= 4 is 34.1 Å². The largest absolute Gasteiger partial charge is 0.384 e. The van der Waals surface area contributed by atoms with Gasteiger partial charge in [0.15, 0.2) is 0 Å². The summed E-state index contributed by atoms with van der Waals surface area (Å²) in [6.07, 6.45) is 0. The van der Waals surface area contributed by atoms with E-state index < -0.39 is 6.85 Å². The first-order valence-electron chi connectivity index (χ1n) is 35.0. The van der Waals surface area contributed by atoms with Crippen molar-refractivity contribution in [1.29, 1.82) is 0 Å². The van der Waals surface area contributed by atoms with Gasteiger partial charge in [0.25, 0.3) is 0 Å². The number of hydrogen-bond donors (Lipinski definition) is 3. The number of hydrogen-bond acceptors (Lipinski definition) is 6. The Kier molecular flexibility index (Phi) is 31.3. The van der Waals surface area contributed by atoms with Crippen molar-refractivity contribution in [1.82, 2.24) is 0 Å². The fourth-order valence-corrected chi connectivity index (χ4v) is 10.1. The molecule has 0 unspecified atom stereocenters. The summed E-state index contributed by atoms with van der Waals surface area (Å²) < 4.78 is 23.7. The fourth-order valence-electron chi connectivity index (χ4n) is 10.1. The summed E-state index contributed by atoms with van der Waals surface area (Å²) in [5.41, 5.74) is 16.7. The Labute approximate surface area is 555 Å². The van der Waals surface area contributed by atoms with Gasteiger partial charge >= 0.3 is 0 Å². The summed E-state index contributed by atoms with van der Waals surface area (Å²) in [6.45, 7) is 72.2. The molecule has 6 rings (SSSR count). The van der Waals surface area contributed by atoms with Gasteiger partial charge in [0, 0.05) is 94.1 Å². The maximum Gasteiger partial charge on any atom is 0.0430 e. The maximum absolute atomic E-state index is 7.88. The zero-order chi connectivity index (χ0) is 71.0. The predicted octanol–water partition coefficient (Wildman–Crippen LogP) is 23.7. The summed E-state index contributed by atoms with van der Waals surface area (Å²) in [5.74, 6) is 2.50. The monoisotopic (exact) mass is 1220 g/mol. The van der Waals surface area contributed by atoms with Crippen LogP contribution in [0.15, 0.2) is 133 Å². The molecule has 0 aliphatic carbocycles. The number of aryl methyl sites for hydroxylation is 8. The third kappa shape index (κ3) is 31.6. The molecule has 0 amide bonds. The van der Waals surface area contributed by atoms with Gasteiger partial charge in [0.2, 0.25) is 0 Å². The molecule has 0 saturated carbocycles. The topological polar surface area (TPSA) is 45.8 Å². The fraction of sp³-hybridized carbons (Fsp3) is 0.566. The molecule has 0 aliphatic rings. The van der Waals surface area contributed by atoms with Gasteiger partial charge in [-0.1, -0.05) is 213 Å². The summed E-state index contributed by atoms with van der Waals surface area (Å²) >= 11 is 0. The minimum Gasteiger partial charge on any atom is -0.384 e. The summed E-state index contributed by atoms with van der Waals surface area (Å²) in [5, 5.41) is 10.8. The lowest BCUT2D eigenvalue weighted by molar-refractivity contribution is 0.349. The molecule has 89 heavy (non-hydrogen) atoms. The Morgan fingerprint density at radius 3 is 0.854 bits per heavy atom. The Morgan fingerprint density at radius 2 is 0.562 bits per heavy atom.